The fourth-order valence-corrected chi connectivity index (χ4v) is 1.57. The van der Waals surface area contributed by atoms with Gasteiger partial charge in [0.15, 0.2) is 0 Å². The van der Waals surface area contributed by atoms with Gasteiger partial charge in [0, 0.05) is 4.47 Å². The fourth-order valence-electron chi connectivity index (χ4n) is 1.21. The molecule has 2 nitrogen and oxygen atoms in total. The van der Waals surface area contributed by atoms with Crippen LogP contribution < -0.4 is 4.74 Å². The Labute approximate surface area is 91.6 Å². The second kappa shape index (κ2) is 4.02. The number of hydrogen-bond acceptors (Lipinski definition) is 2. The van der Waals surface area contributed by atoms with E-state index in [0.29, 0.717) is 17.2 Å². The SMILES string of the molecule is N#Cc1cc(Br)ccc1OCC1CC1. The van der Waals surface area contributed by atoms with Gasteiger partial charge in [-0.2, -0.15) is 5.26 Å². The van der Waals surface area contributed by atoms with Crippen LogP contribution >= 0.6 is 15.9 Å². The summed E-state index contributed by atoms with van der Waals surface area (Å²) in [5, 5.41) is 8.87. The Morgan fingerprint density at radius 3 is 2.93 bits per heavy atom. The highest BCUT2D eigenvalue weighted by atomic mass is 79.9. The van der Waals surface area contributed by atoms with E-state index in [-0.39, 0.29) is 0 Å². The molecule has 0 aliphatic heterocycles. The summed E-state index contributed by atoms with van der Waals surface area (Å²) in [5.74, 6) is 1.41. The van der Waals surface area contributed by atoms with Crippen molar-refractivity contribution in [3.8, 4) is 11.8 Å². The molecule has 3 heteroatoms. The number of nitrogens with zero attached hydrogens (tertiary/aromatic N) is 1. The van der Waals surface area contributed by atoms with E-state index >= 15 is 0 Å². The lowest BCUT2D eigenvalue weighted by Gasteiger charge is -2.06. The smallest absolute Gasteiger partial charge is 0.137 e. The zero-order valence-electron chi connectivity index (χ0n) is 7.66. The minimum atomic E-state index is 0.597. The molecule has 1 aromatic rings. The molecule has 0 spiro atoms. The molecule has 0 radical (unpaired) electrons. The van der Waals surface area contributed by atoms with Gasteiger partial charge in [0.1, 0.15) is 11.8 Å². The van der Waals surface area contributed by atoms with Crippen LogP contribution in [0.5, 0.6) is 5.75 Å². The van der Waals surface area contributed by atoms with Crippen molar-refractivity contribution < 1.29 is 4.74 Å². The highest BCUT2D eigenvalue weighted by Crippen LogP contribution is 2.30. The van der Waals surface area contributed by atoms with Crippen molar-refractivity contribution in [1.29, 1.82) is 5.26 Å². The quantitative estimate of drug-likeness (QED) is 0.827. The van der Waals surface area contributed by atoms with Crippen LogP contribution in [0, 0.1) is 17.2 Å². The van der Waals surface area contributed by atoms with Crippen LogP contribution in [-0.4, -0.2) is 6.61 Å². The van der Waals surface area contributed by atoms with Crippen molar-refractivity contribution in [2.24, 2.45) is 5.92 Å². The van der Waals surface area contributed by atoms with Crippen molar-refractivity contribution in [3.05, 3.63) is 28.2 Å². The van der Waals surface area contributed by atoms with Gasteiger partial charge in [-0.3, -0.25) is 0 Å². The Balaban J connectivity index is 2.10. The average molecular weight is 252 g/mol. The van der Waals surface area contributed by atoms with E-state index in [9.17, 15) is 0 Å². The van der Waals surface area contributed by atoms with Crippen LogP contribution in [0.2, 0.25) is 0 Å². The Morgan fingerprint density at radius 1 is 1.50 bits per heavy atom. The van der Waals surface area contributed by atoms with E-state index < -0.39 is 0 Å². The Hall–Kier alpha value is -1.01. The minimum Gasteiger partial charge on any atom is -0.492 e. The summed E-state index contributed by atoms with van der Waals surface area (Å²) in [6, 6.07) is 7.64. The molecule has 1 aliphatic rings. The molecule has 0 heterocycles. The minimum absolute atomic E-state index is 0.597. The molecule has 0 atom stereocenters. The maximum Gasteiger partial charge on any atom is 0.137 e. The molecular weight excluding hydrogens is 242 g/mol. The Bertz CT molecular complexity index is 379. The number of benzene rings is 1. The third kappa shape index (κ3) is 2.27. The molecular formula is C11H10BrNO. The standard InChI is InChI=1S/C11H10BrNO/c12-10-3-4-11(9(5-10)6-13)14-7-8-1-2-8/h3-5,8H,1-2,7H2. The molecule has 0 unspecified atom stereocenters. The number of rotatable bonds is 3. The zero-order chi connectivity index (χ0) is 9.97. The first-order chi connectivity index (χ1) is 6.79. The Morgan fingerprint density at radius 2 is 2.29 bits per heavy atom. The van der Waals surface area contributed by atoms with E-state index in [0.717, 1.165) is 11.1 Å². The van der Waals surface area contributed by atoms with Gasteiger partial charge >= 0.3 is 0 Å². The van der Waals surface area contributed by atoms with Crippen LogP contribution in [-0.2, 0) is 0 Å². The van der Waals surface area contributed by atoms with Crippen molar-refractivity contribution in [2.75, 3.05) is 6.61 Å². The van der Waals surface area contributed by atoms with Crippen LogP contribution in [0.1, 0.15) is 18.4 Å². The number of nitriles is 1. The number of ether oxygens (including phenoxy) is 1. The third-order valence-corrected chi connectivity index (χ3v) is 2.73. The van der Waals surface area contributed by atoms with Crippen LogP contribution in [0.3, 0.4) is 0 Å². The van der Waals surface area contributed by atoms with Gasteiger partial charge in [0.2, 0.25) is 0 Å². The number of hydrogen-bond donors (Lipinski definition) is 0. The largest absolute Gasteiger partial charge is 0.492 e. The first kappa shape index (κ1) is 9.54. The van der Waals surface area contributed by atoms with Gasteiger partial charge in [-0.05, 0) is 37.0 Å². The molecule has 1 fully saturated rings. The maximum atomic E-state index is 8.87. The maximum absolute atomic E-state index is 8.87. The van der Waals surface area contributed by atoms with Gasteiger partial charge < -0.3 is 4.74 Å². The predicted molar refractivity (Wildman–Crippen MR) is 57.1 cm³/mol. The summed E-state index contributed by atoms with van der Waals surface area (Å²) < 4.78 is 6.47. The summed E-state index contributed by atoms with van der Waals surface area (Å²) in [6.45, 7) is 0.746. The zero-order valence-corrected chi connectivity index (χ0v) is 9.25. The van der Waals surface area contributed by atoms with Gasteiger partial charge in [-0.15, -0.1) is 0 Å². The van der Waals surface area contributed by atoms with E-state index in [4.69, 9.17) is 10.00 Å². The first-order valence-corrected chi connectivity index (χ1v) is 5.41. The summed E-state index contributed by atoms with van der Waals surface area (Å²) >= 11 is 3.32. The highest BCUT2D eigenvalue weighted by Gasteiger charge is 2.22. The first-order valence-electron chi connectivity index (χ1n) is 4.62. The molecule has 1 aromatic carbocycles. The normalized spacial score (nSPS) is 14.9. The van der Waals surface area contributed by atoms with Crippen LogP contribution in [0.15, 0.2) is 22.7 Å². The van der Waals surface area contributed by atoms with Crippen LogP contribution in [0.4, 0.5) is 0 Å². The Kier molecular flexibility index (Phi) is 2.74. The van der Waals surface area contributed by atoms with E-state index in [1.54, 1.807) is 6.07 Å². The monoisotopic (exact) mass is 251 g/mol. The lowest BCUT2D eigenvalue weighted by Crippen LogP contribution is -2.00. The lowest BCUT2D eigenvalue weighted by atomic mass is 10.2. The molecule has 1 aliphatic carbocycles. The topological polar surface area (TPSA) is 33.0 Å². The number of halogens is 1. The van der Waals surface area contributed by atoms with E-state index in [2.05, 4.69) is 22.0 Å². The summed E-state index contributed by atoms with van der Waals surface area (Å²) in [7, 11) is 0. The third-order valence-electron chi connectivity index (χ3n) is 2.23. The molecule has 0 bridgehead atoms. The molecule has 1 saturated carbocycles. The molecule has 2 rings (SSSR count). The van der Waals surface area contributed by atoms with Crippen LogP contribution in [0.25, 0.3) is 0 Å². The predicted octanol–water partition coefficient (Wildman–Crippen LogP) is 3.11. The van der Waals surface area contributed by atoms with E-state index in [1.807, 2.05) is 12.1 Å². The van der Waals surface area contributed by atoms with Gasteiger partial charge in [-0.1, -0.05) is 15.9 Å². The van der Waals surface area contributed by atoms with Crippen molar-refractivity contribution in [1.82, 2.24) is 0 Å². The second-order valence-corrected chi connectivity index (χ2v) is 4.42. The summed E-state index contributed by atoms with van der Waals surface area (Å²) in [5.41, 5.74) is 0.597. The average Bonchev–Trinajstić information content (AvgIpc) is 2.99. The molecule has 0 amide bonds. The fraction of sp³-hybridized carbons (Fsp3) is 0.364. The van der Waals surface area contributed by atoms with Crippen molar-refractivity contribution in [3.63, 3.8) is 0 Å². The highest BCUT2D eigenvalue weighted by molar-refractivity contribution is 9.10. The molecule has 0 aromatic heterocycles. The van der Waals surface area contributed by atoms with Gasteiger partial charge in [-0.25, -0.2) is 0 Å². The second-order valence-electron chi connectivity index (χ2n) is 3.51. The molecule has 0 saturated heterocycles. The lowest BCUT2D eigenvalue weighted by molar-refractivity contribution is 0.299. The molecule has 14 heavy (non-hydrogen) atoms. The molecule has 72 valence electrons. The van der Waals surface area contributed by atoms with E-state index in [1.165, 1.54) is 12.8 Å². The van der Waals surface area contributed by atoms with Crippen molar-refractivity contribution in [2.45, 2.75) is 12.8 Å². The summed E-state index contributed by atoms with van der Waals surface area (Å²) in [6.07, 6.45) is 2.52. The van der Waals surface area contributed by atoms with Crippen molar-refractivity contribution >= 4 is 15.9 Å². The molecule has 0 N–H and O–H groups in total. The van der Waals surface area contributed by atoms with Gasteiger partial charge in [0.05, 0.1) is 12.2 Å². The van der Waals surface area contributed by atoms with Gasteiger partial charge in [0.25, 0.3) is 0 Å². The summed E-state index contributed by atoms with van der Waals surface area (Å²) in [4.78, 5) is 0.